The molecule has 0 N–H and O–H groups in total. The molecule has 0 radical (unpaired) electrons. The molecule has 3 rings (SSSR count). The minimum Gasteiger partial charge on any atom is -0.545 e. The summed E-state index contributed by atoms with van der Waals surface area (Å²) in [4.78, 5) is 23.0. The Morgan fingerprint density at radius 3 is 2.42 bits per heavy atom. The summed E-state index contributed by atoms with van der Waals surface area (Å²) in [5.74, 6) is -2.30. The molecule has 2 aliphatic carbocycles. The molecule has 0 aromatic heterocycles. The summed E-state index contributed by atoms with van der Waals surface area (Å²) in [7, 11) is -2.07. The largest absolute Gasteiger partial charge is 0.545 e. The second kappa shape index (κ2) is 6.33. The molecule has 0 spiro atoms. The topological polar surface area (TPSA) is 74.3 Å². The summed E-state index contributed by atoms with van der Waals surface area (Å²) in [6, 6.07) is 0.918. The van der Waals surface area contributed by atoms with Crippen LogP contribution in [0.4, 0.5) is 13.2 Å². The van der Waals surface area contributed by atoms with E-state index in [2.05, 4.69) is 0 Å². The number of fused-ring (bicyclic) bond motifs is 2. The van der Waals surface area contributed by atoms with E-state index in [1.54, 1.807) is 0 Å². The normalized spacial score (nSPS) is 23.7. The van der Waals surface area contributed by atoms with Crippen LogP contribution in [0.25, 0.3) is 5.57 Å². The van der Waals surface area contributed by atoms with Crippen molar-refractivity contribution < 1.29 is 32.1 Å². The Labute approximate surface area is 150 Å². The molecule has 8 heteroatoms. The summed E-state index contributed by atoms with van der Waals surface area (Å²) >= 11 is 0. The smallest absolute Gasteiger partial charge is 0.418 e. The lowest BCUT2D eigenvalue weighted by atomic mass is 9.81. The number of rotatable bonds is 3. The van der Waals surface area contributed by atoms with Crippen molar-refractivity contribution in [1.29, 1.82) is 0 Å². The zero-order valence-electron chi connectivity index (χ0n) is 14.1. The molecule has 0 amide bonds. The van der Waals surface area contributed by atoms with Crippen molar-refractivity contribution >= 4 is 28.1 Å². The first kappa shape index (κ1) is 18.8. The van der Waals surface area contributed by atoms with Crippen LogP contribution in [0.2, 0.25) is 0 Å². The van der Waals surface area contributed by atoms with Crippen molar-refractivity contribution in [1.82, 2.24) is 0 Å². The Bertz CT molecular complexity index is 870. The summed E-state index contributed by atoms with van der Waals surface area (Å²) in [6.45, 7) is 1.19. The van der Waals surface area contributed by atoms with Crippen molar-refractivity contribution in [3.05, 3.63) is 34.4 Å². The van der Waals surface area contributed by atoms with E-state index in [4.69, 9.17) is 0 Å². The van der Waals surface area contributed by atoms with Gasteiger partial charge in [0.2, 0.25) is 0 Å². The van der Waals surface area contributed by atoms with Crippen LogP contribution in [-0.4, -0.2) is 22.2 Å². The van der Waals surface area contributed by atoms with E-state index in [0.29, 0.717) is 19.3 Å². The quantitative estimate of drug-likeness (QED) is 0.801. The molecule has 3 unspecified atom stereocenters. The monoisotopic (exact) mass is 385 g/mol. The van der Waals surface area contributed by atoms with Gasteiger partial charge in [-0.05, 0) is 60.9 Å². The van der Waals surface area contributed by atoms with Crippen LogP contribution < -0.4 is 5.11 Å². The second-order valence-electron chi connectivity index (χ2n) is 6.75. The number of ketones is 1. The van der Waals surface area contributed by atoms with E-state index in [-0.39, 0.29) is 34.3 Å². The number of allylic oxidation sites excluding steroid dienone is 2. The highest BCUT2D eigenvalue weighted by Gasteiger charge is 2.43. The Morgan fingerprint density at radius 1 is 1.27 bits per heavy atom. The maximum Gasteiger partial charge on any atom is 0.418 e. The maximum atomic E-state index is 13.9. The number of benzene rings is 1. The number of carboxylic acid groups (broad SMARTS) is 1. The molecule has 1 saturated carbocycles. The molecule has 4 nitrogen and oxygen atoms in total. The molecule has 1 aromatic carbocycles. The van der Waals surface area contributed by atoms with Crippen LogP contribution in [0.15, 0.2) is 17.0 Å². The number of hydrogen-bond acceptors (Lipinski definition) is 4. The number of alkyl halides is 3. The van der Waals surface area contributed by atoms with Crippen LogP contribution in [0, 0.1) is 18.8 Å². The Kier molecular flexibility index (Phi) is 4.58. The van der Waals surface area contributed by atoms with Gasteiger partial charge in [0, 0.05) is 17.7 Å². The molecule has 0 saturated heterocycles. The molecule has 3 atom stereocenters. The standard InChI is InChI=1S/C18H17F3O4S/c1-8-11(17(23)24)6-13(15(18(19,20)21)16(8)26(2)25)12-7-14(22)10-4-3-9(12)5-10/h6-7,9-10H,3-5H2,1-2H3,(H,23,24)/p-1. The lowest BCUT2D eigenvalue weighted by molar-refractivity contribution is -0.255. The lowest BCUT2D eigenvalue weighted by Gasteiger charge is -2.26. The zero-order valence-corrected chi connectivity index (χ0v) is 14.9. The molecule has 1 aromatic rings. The molecule has 2 aliphatic rings. The maximum absolute atomic E-state index is 13.9. The van der Waals surface area contributed by atoms with Crippen LogP contribution in [0.5, 0.6) is 0 Å². The SMILES string of the molecule is Cc1c(C(=O)[O-])cc(C2=CC(=O)C3CCC2C3)c(C(F)(F)F)c1S(C)=O. The number of aromatic carboxylic acids is 1. The number of carboxylic acids is 1. The van der Waals surface area contributed by atoms with Gasteiger partial charge in [-0.15, -0.1) is 0 Å². The van der Waals surface area contributed by atoms with E-state index < -0.39 is 39.0 Å². The molecule has 26 heavy (non-hydrogen) atoms. The van der Waals surface area contributed by atoms with Crippen molar-refractivity contribution in [2.45, 2.75) is 37.3 Å². The van der Waals surface area contributed by atoms with Gasteiger partial charge in [-0.1, -0.05) is 0 Å². The van der Waals surface area contributed by atoms with Crippen molar-refractivity contribution in [2.24, 2.45) is 11.8 Å². The third-order valence-corrected chi connectivity index (χ3v) is 6.29. The molecule has 0 heterocycles. The molecule has 140 valence electrons. The highest BCUT2D eigenvalue weighted by molar-refractivity contribution is 7.84. The van der Waals surface area contributed by atoms with Crippen molar-refractivity contribution in [3.63, 3.8) is 0 Å². The zero-order chi connectivity index (χ0) is 19.4. The molecule has 2 bridgehead atoms. The predicted molar refractivity (Wildman–Crippen MR) is 86.7 cm³/mol. The van der Waals surface area contributed by atoms with Crippen LogP contribution >= 0.6 is 0 Å². The molecule has 0 aliphatic heterocycles. The number of halogens is 3. The van der Waals surface area contributed by atoms with E-state index in [9.17, 15) is 32.1 Å². The summed E-state index contributed by atoms with van der Waals surface area (Å²) in [6.07, 6.45) is -0.930. The summed E-state index contributed by atoms with van der Waals surface area (Å²) in [5, 5.41) is 11.4. The fourth-order valence-corrected chi connectivity index (χ4v) is 5.10. The van der Waals surface area contributed by atoms with Gasteiger partial charge in [-0.3, -0.25) is 9.00 Å². The summed E-state index contributed by atoms with van der Waals surface area (Å²) in [5.41, 5.74) is -1.97. The molecule has 1 fully saturated rings. The Balaban J connectivity index is 2.39. The minimum absolute atomic E-state index is 0.177. The first-order valence-corrected chi connectivity index (χ1v) is 9.63. The van der Waals surface area contributed by atoms with Crippen molar-refractivity contribution in [2.75, 3.05) is 6.26 Å². The van der Waals surface area contributed by atoms with E-state index in [1.807, 2.05) is 0 Å². The van der Waals surface area contributed by atoms with Crippen molar-refractivity contribution in [3.8, 4) is 0 Å². The average molecular weight is 385 g/mol. The molecular weight excluding hydrogens is 369 g/mol. The third-order valence-electron chi connectivity index (χ3n) is 5.20. The van der Waals surface area contributed by atoms with Crippen LogP contribution in [-0.2, 0) is 21.8 Å². The van der Waals surface area contributed by atoms with E-state index in [0.717, 1.165) is 12.3 Å². The van der Waals surface area contributed by atoms with E-state index in [1.165, 1.54) is 13.0 Å². The van der Waals surface area contributed by atoms with Gasteiger partial charge in [0.25, 0.3) is 0 Å². The van der Waals surface area contributed by atoms with Crippen LogP contribution in [0.1, 0.15) is 46.3 Å². The Hall–Kier alpha value is -1.96. The van der Waals surface area contributed by atoms with Gasteiger partial charge in [0.15, 0.2) is 5.78 Å². The number of carbonyl (C=O) groups is 2. The van der Waals surface area contributed by atoms with Gasteiger partial charge in [-0.2, -0.15) is 13.2 Å². The average Bonchev–Trinajstić information content (AvgIpc) is 2.94. The van der Waals surface area contributed by atoms with Gasteiger partial charge >= 0.3 is 6.18 Å². The first-order valence-electron chi connectivity index (χ1n) is 8.07. The first-order chi connectivity index (χ1) is 12.0. The van der Waals surface area contributed by atoms with E-state index >= 15 is 0 Å². The van der Waals surface area contributed by atoms with Gasteiger partial charge < -0.3 is 9.90 Å². The van der Waals surface area contributed by atoms with Crippen LogP contribution in [0.3, 0.4) is 0 Å². The third kappa shape index (κ3) is 3.00. The Morgan fingerprint density at radius 2 is 1.88 bits per heavy atom. The summed E-state index contributed by atoms with van der Waals surface area (Å²) < 4.78 is 53.7. The lowest BCUT2D eigenvalue weighted by Crippen LogP contribution is -2.26. The fraction of sp³-hybridized carbons (Fsp3) is 0.444. The van der Waals surface area contributed by atoms with Gasteiger partial charge in [-0.25, -0.2) is 0 Å². The highest BCUT2D eigenvalue weighted by Crippen LogP contribution is 2.49. The predicted octanol–water partition coefficient (Wildman–Crippen LogP) is 2.50. The van der Waals surface area contributed by atoms with Gasteiger partial charge in [0.1, 0.15) is 0 Å². The van der Waals surface area contributed by atoms with Gasteiger partial charge in [0.05, 0.1) is 27.2 Å². The number of carbonyl (C=O) groups excluding carboxylic acids is 2. The minimum atomic E-state index is -4.84. The number of hydrogen-bond donors (Lipinski definition) is 0. The molecular formula is C18H16F3O4S-. The second-order valence-corrected chi connectivity index (χ2v) is 8.07. The highest BCUT2D eigenvalue weighted by atomic mass is 32.2. The fourth-order valence-electron chi connectivity index (χ4n) is 4.05.